The Kier molecular flexibility index (Phi) is 3.51. The summed E-state index contributed by atoms with van der Waals surface area (Å²) in [6, 6.07) is -0.364. The van der Waals surface area contributed by atoms with Crippen molar-refractivity contribution in [3.05, 3.63) is 28.1 Å². The highest BCUT2D eigenvalue weighted by atomic mass is 32.2. The van der Waals surface area contributed by atoms with Crippen molar-refractivity contribution >= 4 is 21.4 Å². The van der Waals surface area contributed by atoms with Gasteiger partial charge >= 0.3 is 0 Å². The van der Waals surface area contributed by atoms with E-state index in [2.05, 4.69) is 19.7 Å². The Morgan fingerprint density at radius 2 is 2.06 bits per heavy atom. The number of hydrogen-bond acceptors (Lipinski definition) is 5. The minimum Gasteiger partial charge on any atom is -0.332 e. The van der Waals surface area contributed by atoms with Gasteiger partial charge in [-0.15, -0.1) is 11.3 Å². The smallest absolute Gasteiger partial charge is 0.258 e. The van der Waals surface area contributed by atoms with Crippen LogP contribution in [0.2, 0.25) is 0 Å². The standard InChI is InChI=1S/C10H14N4O2S2/c1-6-4-12-10(17-6)7(2)14-18(15,16)9-5-11-8(3)13-9/h4-5,7,14H,1-3H3,(H,11,13). The molecule has 0 spiro atoms. The molecule has 1 unspecified atom stereocenters. The van der Waals surface area contributed by atoms with Crippen LogP contribution in [0.4, 0.5) is 0 Å². The number of H-pyrrole nitrogens is 1. The molecule has 2 N–H and O–H groups in total. The molecule has 0 aliphatic rings. The summed E-state index contributed by atoms with van der Waals surface area (Å²) >= 11 is 1.47. The average molecular weight is 286 g/mol. The van der Waals surface area contributed by atoms with Crippen LogP contribution in [0.25, 0.3) is 0 Å². The molecule has 2 aromatic heterocycles. The molecule has 6 nitrogen and oxygen atoms in total. The van der Waals surface area contributed by atoms with Gasteiger partial charge in [-0.25, -0.2) is 23.1 Å². The van der Waals surface area contributed by atoms with Crippen LogP contribution in [0, 0.1) is 13.8 Å². The molecule has 0 bridgehead atoms. The van der Waals surface area contributed by atoms with Crippen LogP contribution in [0.15, 0.2) is 17.4 Å². The summed E-state index contributed by atoms with van der Waals surface area (Å²) in [5.74, 6) is 0.563. The molecule has 1 atom stereocenters. The molecular weight excluding hydrogens is 272 g/mol. The molecule has 98 valence electrons. The number of nitrogens with zero attached hydrogens (tertiary/aromatic N) is 2. The Morgan fingerprint density at radius 3 is 2.56 bits per heavy atom. The summed E-state index contributed by atoms with van der Waals surface area (Å²) in [5, 5.41) is 0.812. The number of thiazole rings is 1. The number of nitrogens with one attached hydrogen (secondary N) is 2. The van der Waals surface area contributed by atoms with Crippen molar-refractivity contribution in [2.45, 2.75) is 31.8 Å². The molecule has 0 aliphatic heterocycles. The highest BCUT2D eigenvalue weighted by Gasteiger charge is 2.21. The van der Waals surface area contributed by atoms with Crippen LogP contribution in [-0.2, 0) is 10.0 Å². The largest absolute Gasteiger partial charge is 0.332 e. The van der Waals surface area contributed by atoms with Crippen molar-refractivity contribution in [3.8, 4) is 0 Å². The quantitative estimate of drug-likeness (QED) is 0.892. The van der Waals surface area contributed by atoms with Crippen LogP contribution < -0.4 is 4.72 Å². The van der Waals surface area contributed by atoms with E-state index in [4.69, 9.17) is 0 Å². The summed E-state index contributed by atoms with van der Waals surface area (Å²) < 4.78 is 26.6. The van der Waals surface area contributed by atoms with Gasteiger partial charge in [-0.3, -0.25) is 0 Å². The monoisotopic (exact) mass is 286 g/mol. The molecule has 18 heavy (non-hydrogen) atoms. The minimum atomic E-state index is -3.58. The summed E-state index contributed by atoms with van der Waals surface area (Å²) in [6.07, 6.45) is 3.03. The van der Waals surface area contributed by atoms with Crippen LogP contribution in [0.3, 0.4) is 0 Å². The zero-order valence-corrected chi connectivity index (χ0v) is 11.9. The van der Waals surface area contributed by atoms with E-state index < -0.39 is 10.0 Å². The van der Waals surface area contributed by atoms with E-state index in [1.807, 2.05) is 6.92 Å². The molecule has 2 aromatic rings. The first-order valence-corrected chi connectivity index (χ1v) is 7.65. The topological polar surface area (TPSA) is 87.7 Å². The highest BCUT2D eigenvalue weighted by Crippen LogP contribution is 2.20. The lowest BCUT2D eigenvalue weighted by atomic mass is 10.4. The maximum absolute atomic E-state index is 12.0. The second-order valence-corrected chi connectivity index (χ2v) is 6.93. The molecule has 8 heteroatoms. The molecule has 0 saturated heterocycles. The number of aromatic nitrogens is 3. The van der Waals surface area contributed by atoms with Crippen molar-refractivity contribution in [2.24, 2.45) is 0 Å². The van der Waals surface area contributed by atoms with Gasteiger partial charge in [0, 0.05) is 11.1 Å². The Labute approximate surface area is 110 Å². The predicted octanol–water partition coefficient (Wildman–Crippen LogP) is 1.52. The third-order valence-corrected chi connectivity index (χ3v) is 4.86. The van der Waals surface area contributed by atoms with Gasteiger partial charge in [0.25, 0.3) is 10.0 Å². The van der Waals surface area contributed by atoms with Crippen molar-refractivity contribution in [1.82, 2.24) is 19.7 Å². The first-order chi connectivity index (χ1) is 8.38. The third-order valence-electron chi connectivity index (χ3n) is 2.31. The third kappa shape index (κ3) is 2.77. The Morgan fingerprint density at radius 1 is 1.33 bits per heavy atom. The number of imidazole rings is 1. The van der Waals surface area contributed by atoms with Crippen LogP contribution in [0.1, 0.15) is 28.7 Å². The molecule has 0 aliphatic carbocycles. The molecule has 0 radical (unpaired) electrons. The average Bonchev–Trinajstić information content (AvgIpc) is 2.86. The highest BCUT2D eigenvalue weighted by molar-refractivity contribution is 7.89. The van der Waals surface area contributed by atoms with Gasteiger partial charge in [-0.05, 0) is 20.8 Å². The molecule has 0 amide bonds. The predicted molar refractivity (Wildman–Crippen MR) is 68.9 cm³/mol. The van der Waals surface area contributed by atoms with E-state index in [1.54, 1.807) is 20.0 Å². The second kappa shape index (κ2) is 4.79. The molecule has 2 rings (SSSR count). The summed E-state index contributed by atoms with van der Waals surface area (Å²) in [5.41, 5.74) is 0. The molecule has 0 fully saturated rings. The summed E-state index contributed by atoms with van der Waals surface area (Å²) in [7, 11) is -3.58. The fourth-order valence-electron chi connectivity index (χ4n) is 1.45. The number of hydrogen-bond donors (Lipinski definition) is 2. The van der Waals surface area contributed by atoms with Crippen molar-refractivity contribution in [2.75, 3.05) is 0 Å². The fourth-order valence-corrected chi connectivity index (χ4v) is 3.48. The van der Waals surface area contributed by atoms with Gasteiger partial charge in [-0.2, -0.15) is 0 Å². The zero-order valence-electron chi connectivity index (χ0n) is 10.3. The van der Waals surface area contributed by atoms with Gasteiger partial charge in [0.05, 0.1) is 12.2 Å². The van der Waals surface area contributed by atoms with Crippen LogP contribution >= 0.6 is 11.3 Å². The van der Waals surface area contributed by atoms with Crippen LogP contribution in [0.5, 0.6) is 0 Å². The van der Waals surface area contributed by atoms with Gasteiger partial charge in [0.15, 0.2) is 5.03 Å². The number of aromatic amines is 1. The lowest BCUT2D eigenvalue weighted by Crippen LogP contribution is -2.27. The number of aryl methyl sites for hydroxylation is 2. The first kappa shape index (κ1) is 13.2. The van der Waals surface area contributed by atoms with E-state index in [1.165, 1.54) is 17.5 Å². The molecule has 0 saturated carbocycles. The summed E-state index contributed by atoms with van der Waals surface area (Å²) in [4.78, 5) is 11.8. The fraction of sp³-hybridized carbons (Fsp3) is 0.400. The van der Waals surface area contributed by atoms with E-state index in [9.17, 15) is 8.42 Å². The van der Waals surface area contributed by atoms with Gasteiger partial charge in [0.2, 0.25) is 0 Å². The zero-order chi connectivity index (χ0) is 13.3. The lowest BCUT2D eigenvalue weighted by molar-refractivity contribution is 0.563. The van der Waals surface area contributed by atoms with E-state index in [0.717, 1.165) is 9.88 Å². The minimum absolute atomic E-state index is 0.0696. The maximum Gasteiger partial charge on any atom is 0.258 e. The van der Waals surface area contributed by atoms with E-state index >= 15 is 0 Å². The van der Waals surface area contributed by atoms with Gasteiger partial charge < -0.3 is 4.98 Å². The van der Waals surface area contributed by atoms with Gasteiger partial charge in [-0.1, -0.05) is 0 Å². The molecule has 2 heterocycles. The van der Waals surface area contributed by atoms with Crippen LogP contribution in [-0.4, -0.2) is 23.4 Å². The van der Waals surface area contributed by atoms with Crippen molar-refractivity contribution in [3.63, 3.8) is 0 Å². The van der Waals surface area contributed by atoms with E-state index in [0.29, 0.717) is 5.82 Å². The molecular formula is C10H14N4O2S2. The SMILES string of the molecule is Cc1ncc(S(=O)(=O)NC(C)c2ncc(C)s2)[nH]1. The number of sulfonamides is 1. The summed E-state index contributed by atoms with van der Waals surface area (Å²) in [6.45, 7) is 5.40. The van der Waals surface area contributed by atoms with Gasteiger partial charge in [0.1, 0.15) is 10.8 Å². The number of rotatable bonds is 4. The second-order valence-electron chi connectivity index (χ2n) is 3.98. The van der Waals surface area contributed by atoms with E-state index in [-0.39, 0.29) is 11.1 Å². The lowest BCUT2D eigenvalue weighted by Gasteiger charge is -2.10. The Balaban J connectivity index is 2.18. The maximum atomic E-state index is 12.0. The van der Waals surface area contributed by atoms with Crippen molar-refractivity contribution < 1.29 is 8.42 Å². The normalized spacial score (nSPS) is 13.7. The van der Waals surface area contributed by atoms with Crippen molar-refractivity contribution in [1.29, 1.82) is 0 Å². The Bertz CT molecular complexity index is 644. The first-order valence-electron chi connectivity index (χ1n) is 5.35. The Hall–Kier alpha value is -1.25. The molecule has 0 aromatic carbocycles.